The van der Waals surface area contributed by atoms with E-state index in [2.05, 4.69) is 51.3 Å². The Balaban J connectivity index is -0.00000181. The minimum atomic E-state index is -0.471. The van der Waals surface area contributed by atoms with Crippen LogP contribution in [-0.4, -0.2) is 72.9 Å². The van der Waals surface area contributed by atoms with E-state index in [1.807, 2.05) is 0 Å². The molecule has 0 radical (unpaired) electrons. The van der Waals surface area contributed by atoms with Gasteiger partial charge in [0.05, 0.1) is 0 Å². The molecule has 0 bridgehead atoms. The molecule has 2 N–H and O–H groups in total. The molecule has 0 saturated heterocycles. The average molecular weight is 576 g/mol. The Hall–Kier alpha value is -0.270. The number of unbranched alkanes of at least 4 members (excludes halogenated alkanes) is 4. The van der Waals surface area contributed by atoms with Gasteiger partial charge in [0.1, 0.15) is 12.2 Å². The average Bonchev–Trinajstić information content (AvgIpc) is 2.84. The van der Waals surface area contributed by atoms with Crippen molar-refractivity contribution in [1.82, 2.24) is 9.80 Å². The van der Waals surface area contributed by atoms with Gasteiger partial charge in [-0.15, -0.1) is 24.8 Å². The maximum Gasteiger partial charge on any atom is 0.508 e. The molecule has 2 atom stereocenters. The van der Waals surface area contributed by atoms with Gasteiger partial charge in [0.15, 0.2) is 0 Å². The fourth-order valence-electron chi connectivity index (χ4n) is 4.28. The van der Waals surface area contributed by atoms with Crippen LogP contribution in [0, 0.1) is 0 Å². The van der Waals surface area contributed by atoms with Crippen molar-refractivity contribution < 1.29 is 19.7 Å². The van der Waals surface area contributed by atoms with Crippen molar-refractivity contribution in [3.8, 4) is 0 Å². The number of carbonyl (C=O) groups excluding carboxylic acids is 1. The van der Waals surface area contributed by atoms with E-state index in [0.29, 0.717) is 0 Å². The second-order valence-corrected chi connectivity index (χ2v) is 9.93. The summed E-state index contributed by atoms with van der Waals surface area (Å²) in [6, 6.07) is 0. The van der Waals surface area contributed by atoms with Gasteiger partial charge in [-0.1, -0.05) is 67.2 Å². The number of hydrogen-bond donors (Lipinski definition) is 0. The summed E-state index contributed by atoms with van der Waals surface area (Å²) in [4.78, 5) is 17.6. The van der Waals surface area contributed by atoms with Crippen LogP contribution in [0.5, 0.6) is 0 Å². The predicted octanol–water partition coefficient (Wildman–Crippen LogP) is 8.08. The molecule has 0 aromatic carbocycles. The van der Waals surface area contributed by atoms with Gasteiger partial charge in [0, 0.05) is 0 Å². The lowest BCUT2D eigenvalue weighted by molar-refractivity contribution is -0.00947. The van der Waals surface area contributed by atoms with Crippen molar-refractivity contribution in [1.29, 1.82) is 0 Å². The van der Waals surface area contributed by atoms with Crippen molar-refractivity contribution in [2.24, 2.45) is 0 Å². The van der Waals surface area contributed by atoms with Crippen LogP contribution >= 0.6 is 24.8 Å². The van der Waals surface area contributed by atoms with Gasteiger partial charge in [-0.25, -0.2) is 4.79 Å². The van der Waals surface area contributed by atoms with Gasteiger partial charge < -0.3 is 24.7 Å². The molecule has 0 fully saturated rings. The molecule has 0 aromatic heterocycles. The summed E-state index contributed by atoms with van der Waals surface area (Å²) in [5, 5.41) is 0. The Bertz CT molecular complexity index is 408. The van der Waals surface area contributed by atoms with Crippen molar-refractivity contribution in [3.05, 3.63) is 0 Å². The molecule has 8 heteroatoms. The van der Waals surface area contributed by atoms with E-state index in [4.69, 9.17) is 9.47 Å². The normalized spacial score (nSPS) is 12.3. The molecule has 0 aliphatic heterocycles. The van der Waals surface area contributed by atoms with Crippen LogP contribution in [-0.2, 0) is 9.47 Å². The Morgan fingerprint density at radius 2 is 0.811 bits per heavy atom. The first-order chi connectivity index (χ1) is 16.5. The maximum absolute atomic E-state index is 12.5. The summed E-state index contributed by atoms with van der Waals surface area (Å²) in [7, 11) is 0. The Labute approximate surface area is 243 Å². The van der Waals surface area contributed by atoms with Crippen LogP contribution < -0.4 is 0 Å². The number of halogens is 2. The summed E-state index contributed by atoms with van der Waals surface area (Å²) in [6.07, 6.45) is 15.1. The van der Waals surface area contributed by atoms with E-state index >= 15 is 0 Å². The fraction of sp³-hybridized carbons (Fsp3) is 0.966. The third-order valence-corrected chi connectivity index (χ3v) is 6.75. The molecule has 37 heavy (non-hydrogen) atoms. The molecule has 0 rings (SSSR count). The third kappa shape index (κ3) is 25.8. The molecular formula is C29H64Cl2N2O4. The molecule has 0 heterocycles. The Kier molecular flexibility index (Phi) is 37.8. The van der Waals surface area contributed by atoms with Crippen LogP contribution in [0.3, 0.4) is 0 Å². The van der Waals surface area contributed by atoms with Gasteiger partial charge in [0.25, 0.3) is 0 Å². The minimum Gasteiger partial charge on any atom is -0.431 e. The lowest BCUT2D eigenvalue weighted by Crippen LogP contribution is -2.29. The lowest BCUT2D eigenvalue weighted by atomic mass is 10.1. The van der Waals surface area contributed by atoms with Gasteiger partial charge in [0.2, 0.25) is 0 Å². The maximum atomic E-state index is 12.5. The van der Waals surface area contributed by atoms with E-state index < -0.39 is 6.16 Å². The van der Waals surface area contributed by atoms with E-state index in [-0.39, 0.29) is 42.5 Å². The first kappa shape index (κ1) is 43.8. The van der Waals surface area contributed by atoms with Crippen LogP contribution in [0.15, 0.2) is 0 Å². The zero-order chi connectivity index (χ0) is 25.4. The molecule has 2 unspecified atom stereocenters. The molecule has 0 amide bonds. The van der Waals surface area contributed by atoms with Crippen molar-refractivity contribution in [2.45, 2.75) is 144 Å². The predicted molar refractivity (Wildman–Crippen MR) is 165 cm³/mol. The van der Waals surface area contributed by atoms with Crippen LogP contribution in [0.2, 0.25) is 0 Å². The molecule has 0 aliphatic rings. The van der Waals surface area contributed by atoms with E-state index in [9.17, 15) is 4.79 Å². The summed E-state index contributed by atoms with van der Waals surface area (Å²) >= 11 is 0. The van der Waals surface area contributed by atoms with E-state index in [1.54, 1.807) is 0 Å². The van der Waals surface area contributed by atoms with Gasteiger partial charge in [-0.3, -0.25) is 0 Å². The molecule has 0 spiro atoms. The lowest BCUT2D eigenvalue weighted by Gasteiger charge is -2.24. The number of nitrogens with zero attached hydrogens (tertiary/aromatic N) is 2. The largest absolute Gasteiger partial charge is 0.508 e. The van der Waals surface area contributed by atoms with Gasteiger partial charge in [-0.05, 0) is 103 Å². The van der Waals surface area contributed by atoms with E-state index in [1.165, 1.54) is 77.5 Å². The number of ether oxygens (including phenoxy) is 2. The molecule has 6 nitrogen and oxygen atoms in total. The highest BCUT2D eigenvalue weighted by molar-refractivity contribution is 5.85. The third-order valence-electron chi connectivity index (χ3n) is 6.75. The number of carbonyl (C=O) groups is 1. The van der Waals surface area contributed by atoms with Crippen LogP contribution in [0.25, 0.3) is 0 Å². The number of rotatable bonds is 24. The van der Waals surface area contributed by atoms with Crippen molar-refractivity contribution in [2.75, 3.05) is 39.3 Å². The quantitative estimate of drug-likeness (QED) is 0.109. The highest BCUT2D eigenvalue weighted by Crippen LogP contribution is 2.14. The molecule has 0 aliphatic carbocycles. The second kappa shape index (κ2) is 31.9. The zero-order valence-corrected chi connectivity index (χ0v) is 26.9. The molecule has 228 valence electrons. The molecule has 0 saturated carbocycles. The van der Waals surface area contributed by atoms with Crippen LogP contribution in [0.4, 0.5) is 4.79 Å². The second-order valence-electron chi connectivity index (χ2n) is 9.93. The Morgan fingerprint density at radius 3 is 1.05 bits per heavy atom. The van der Waals surface area contributed by atoms with Crippen molar-refractivity contribution >= 4 is 31.0 Å². The number of hydrogen-bond acceptors (Lipinski definition) is 5. The first-order valence-corrected chi connectivity index (χ1v) is 14.9. The van der Waals surface area contributed by atoms with Crippen molar-refractivity contribution in [3.63, 3.8) is 0 Å². The van der Waals surface area contributed by atoms with Gasteiger partial charge >= 0.3 is 6.16 Å². The first-order valence-electron chi connectivity index (χ1n) is 14.9. The smallest absolute Gasteiger partial charge is 0.431 e. The standard InChI is InChI=1S/C29H60N2O3.2ClH.H2O/c1-7-13-21-30(22-14-8-2)25-17-19-27(11-5)33-29(32)34-28(12-6)20-18-26-31(23-15-9-3)24-16-10-4;;;/h27-28H,7-26H2,1-6H3;2*1H;1H2. The topological polar surface area (TPSA) is 73.5 Å². The minimum absolute atomic E-state index is 0. The summed E-state index contributed by atoms with van der Waals surface area (Å²) in [6.45, 7) is 20.1. The Morgan fingerprint density at radius 1 is 0.541 bits per heavy atom. The van der Waals surface area contributed by atoms with E-state index in [0.717, 1.165) is 51.6 Å². The monoisotopic (exact) mass is 574 g/mol. The molecular weight excluding hydrogens is 511 g/mol. The SMILES string of the molecule is CCCCN(CCCC)CCCC(CC)OC(=O)OC(CC)CCCN(CCCC)CCCC.Cl.Cl.O. The fourth-order valence-corrected chi connectivity index (χ4v) is 4.28. The highest BCUT2D eigenvalue weighted by atomic mass is 35.5. The highest BCUT2D eigenvalue weighted by Gasteiger charge is 2.19. The van der Waals surface area contributed by atoms with Gasteiger partial charge in [-0.2, -0.15) is 0 Å². The zero-order valence-electron chi connectivity index (χ0n) is 25.2. The summed E-state index contributed by atoms with van der Waals surface area (Å²) in [5.41, 5.74) is 0. The van der Waals surface area contributed by atoms with Crippen LogP contribution in [0.1, 0.15) is 131 Å². The summed E-state index contributed by atoms with van der Waals surface area (Å²) in [5.74, 6) is 0. The molecule has 0 aromatic rings. The summed E-state index contributed by atoms with van der Waals surface area (Å²) < 4.78 is 11.4.